The molecule has 4 aromatic rings. The minimum Gasteiger partial charge on any atom is -0.496 e. The first-order valence-electron chi connectivity index (χ1n) is 14.2. The zero-order valence-corrected chi connectivity index (χ0v) is 27.9. The first-order chi connectivity index (χ1) is 21.9. The maximum atomic E-state index is 13.0. The van der Waals surface area contributed by atoms with Crippen molar-refractivity contribution in [3.05, 3.63) is 93.1 Å². The first-order valence-corrected chi connectivity index (χ1v) is 15.0. The SMILES string of the molecule is CNC(=O)c1ccc(C=CC(=O)NCC(=O)N(C)c2ccc(Cl)c(COc3cccc4c(N(C)C)cc(C)nc34)c2Cl)cc1OC. The highest BCUT2D eigenvalue weighted by Gasteiger charge is 2.20. The predicted molar refractivity (Wildman–Crippen MR) is 183 cm³/mol. The number of pyridine rings is 1. The lowest BCUT2D eigenvalue weighted by Gasteiger charge is -2.21. The molecule has 46 heavy (non-hydrogen) atoms. The summed E-state index contributed by atoms with van der Waals surface area (Å²) in [6.07, 6.45) is 2.84. The number of carbonyl (C=O) groups is 3. The van der Waals surface area contributed by atoms with Crippen molar-refractivity contribution in [2.45, 2.75) is 13.5 Å². The molecule has 0 fully saturated rings. The summed E-state index contributed by atoms with van der Waals surface area (Å²) in [5.74, 6) is -0.235. The van der Waals surface area contributed by atoms with Gasteiger partial charge in [-0.15, -0.1) is 0 Å². The van der Waals surface area contributed by atoms with Gasteiger partial charge in [-0.3, -0.25) is 14.4 Å². The summed E-state index contributed by atoms with van der Waals surface area (Å²) in [5, 5.41) is 6.70. The van der Waals surface area contributed by atoms with E-state index in [9.17, 15) is 14.4 Å². The van der Waals surface area contributed by atoms with Crippen LogP contribution in [0.1, 0.15) is 27.2 Å². The Balaban J connectivity index is 1.43. The van der Waals surface area contributed by atoms with Gasteiger partial charge in [0.1, 0.15) is 23.6 Å². The summed E-state index contributed by atoms with van der Waals surface area (Å²) in [6.45, 7) is 1.69. The molecule has 1 aromatic heterocycles. The Labute approximate surface area is 277 Å². The van der Waals surface area contributed by atoms with E-state index in [1.54, 1.807) is 43.5 Å². The van der Waals surface area contributed by atoms with Gasteiger partial charge in [-0.05, 0) is 55.0 Å². The van der Waals surface area contributed by atoms with Crippen molar-refractivity contribution in [2.75, 3.05) is 51.6 Å². The van der Waals surface area contributed by atoms with Gasteiger partial charge in [-0.2, -0.15) is 0 Å². The molecule has 0 aliphatic carbocycles. The number of nitrogens with one attached hydrogen (secondary N) is 2. The van der Waals surface area contributed by atoms with Gasteiger partial charge in [0.15, 0.2) is 0 Å². The molecule has 1 heterocycles. The van der Waals surface area contributed by atoms with Crippen LogP contribution in [0.3, 0.4) is 0 Å². The lowest BCUT2D eigenvalue weighted by Crippen LogP contribution is -2.37. The van der Waals surface area contributed by atoms with Crippen LogP contribution in [-0.2, 0) is 16.2 Å². The van der Waals surface area contributed by atoms with Crippen LogP contribution >= 0.6 is 23.2 Å². The van der Waals surface area contributed by atoms with Crippen LogP contribution in [-0.4, -0.2) is 64.6 Å². The lowest BCUT2D eigenvalue weighted by molar-refractivity contribution is -0.122. The van der Waals surface area contributed by atoms with Gasteiger partial charge < -0.3 is 29.9 Å². The Morgan fingerprint density at radius 2 is 1.74 bits per heavy atom. The van der Waals surface area contributed by atoms with E-state index in [1.165, 1.54) is 25.1 Å². The number of likely N-dealkylation sites (N-methyl/N-ethyl adjacent to an activating group) is 1. The summed E-state index contributed by atoms with van der Waals surface area (Å²) in [6, 6.07) is 15.9. The second-order valence-corrected chi connectivity index (χ2v) is 11.3. The van der Waals surface area contributed by atoms with Crippen LogP contribution in [0.5, 0.6) is 11.5 Å². The molecule has 0 bridgehead atoms. The molecule has 0 radical (unpaired) electrons. The highest BCUT2D eigenvalue weighted by molar-refractivity contribution is 6.38. The van der Waals surface area contributed by atoms with Crippen molar-refractivity contribution in [1.29, 1.82) is 0 Å². The Bertz CT molecular complexity index is 1830. The van der Waals surface area contributed by atoms with E-state index in [0.717, 1.165) is 16.8 Å². The van der Waals surface area contributed by atoms with Crippen LogP contribution in [0.2, 0.25) is 10.0 Å². The summed E-state index contributed by atoms with van der Waals surface area (Å²) >= 11 is 13.3. The number of aromatic nitrogens is 1. The average molecular weight is 665 g/mol. The number of fused-ring (bicyclic) bond motifs is 1. The molecule has 0 saturated heterocycles. The van der Waals surface area contributed by atoms with Gasteiger partial charge in [-0.1, -0.05) is 41.4 Å². The van der Waals surface area contributed by atoms with Crippen LogP contribution in [0.15, 0.2) is 60.7 Å². The number of nitrogens with zero attached hydrogens (tertiary/aromatic N) is 3. The molecular weight excluding hydrogens is 629 g/mol. The van der Waals surface area contributed by atoms with Crippen LogP contribution in [0, 0.1) is 6.92 Å². The molecule has 12 heteroatoms. The maximum Gasteiger partial charge on any atom is 0.254 e. The van der Waals surface area contributed by atoms with E-state index in [2.05, 4.69) is 10.6 Å². The van der Waals surface area contributed by atoms with Crippen molar-refractivity contribution < 1.29 is 23.9 Å². The molecule has 3 amide bonds. The molecule has 10 nitrogen and oxygen atoms in total. The number of ether oxygens (including phenoxy) is 2. The molecule has 240 valence electrons. The third-order valence-corrected chi connectivity index (χ3v) is 7.98. The summed E-state index contributed by atoms with van der Waals surface area (Å²) < 4.78 is 11.5. The second kappa shape index (κ2) is 15.0. The van der Waals surface area contributed by atoms with E-state index < -0.39 is 11.8 Å². The molecular formula is C34H35Cl2N5O5. The number of para-hydroxylation sites is 1. The van der Waals surface area contributed by atoms with Gasteiger partial charge in [-0.25, -0.2) is 4.98 Å². The Hall–Kier alpha value is -4.80. The normalized spacial score (nSPS) is 11.0. The van der Waals surface area contributed by atoms with Crippen molar-refractivity contribution in [2.24, 2.45) is 0 Å². The van der Waals surface area contributed by atoms with E-state index in [0.29, 0.717) is 44.4 Å². The third kappa shape index (κ3) is 7.70. The molecule has 0 aliphatic rings. The predicted octanol–water partition coefficient (Wildman–Crippen LogP) is 5.66. The van der Waals surface area contributed by atoms with Crippen molar-refractivity contribution in [1.82, 2.24) is 15.6 Å². The monoisotopic (exact) mass is 663 g/mol. The number of halogens is 2. The Morgan fingerprint density at radius 1 is 0.978 bits per heavy atom. The first kappa shape index (κ1) is 34.1. The number of benzene rings is 3. The van der Waals surface area contributed by atoms with E-state index in [4.69, 9.17) is 37.7 Å². The smallest absolute Gasteiger partial charge is 0.254 e. The van der Waals surface area contributed by atoms with Gasteiger partial charge in [0, 0.05) is 61.6 Å². The number of aryl methyl sites for hydroxylation is 1. The number of methoxy groups -OCH3 is 1. The third-order valence-electron chi connectivity index (χ3n) is 7.20. The molecule has 0 spiro atoms. The minimum atomic E-state index is -0.483. The summed E-state index contributed by atoms with van der Waals surface area (Å²) in [5.41, 5.74) is 4.50. The molecule has 3 aromatic carbocycles. The van der Waals surface area contributed by atoms with E-state index >= 15 is 0 Å². The number of carbonyl (C=O) groups excluding carboxylic acids is 3. The highest BCUT2D eigenvalue weighted by atomic mass is 35.5. The van der Waals surface area contributed by atoms with Crippen molar-refractivity contribution in [3.8, 4) is 11.5 Å². The number of anilines is 2. The topological polar surface area (TPSA) is 113 Å². The standard InChI is InChI=1S/C34H35Cl2N5O5/c1-20-16-27(40(3)4)22-8-7-9-28(33(22)39-20)46-19-24-25(35)13-14-26(32(24)36)41(5)31(43)18-38-30(42)15-11-21-10-12-23(34(44)37-2)29(17-21)45-6/h7-17H,18-19H2,1-6H3,(H,37,44)(H,38,42). The average Bonchev–Trinajstić information content (AvgIpc) is 3.04. The number of amides is 3. The fraction of sp³-hybridized carbons (Fsp3) is 0.235. The van der Waals surface area contributed by atoms with Gasteiger partial charge in [0.05, 0.1) is 29.9 Å². The second-order valence-electron chi connectivity index (χ2n) is 10.5. The van der Waals surface area contributed by atoms with Crippen LogP contribution in [0.25, 0.3) is 17.0 Å². The summed E-state index contributed by atoms with van der Waals surface area (Å²) in [4.78, 5) is 45.6. The van der Waals surface area contributed by atoms with Crippen LogP contribution < -0.4 is 29.9 Å². The van der Waals surface area contributed by atoms with Gasteiger partial charge in [0.25, 0.3) is 5.91 Å². The van der Waals surface area contributed by atoms with E-state index in [1.807, 2.05) is 50.2 Å². The fourth-order valence-corrected chi connectivity index (χ4v) is 5.33. The van der Waals surface area contributed by atoms with E-state index in [-0.39, 0.29) is 24.1 Å². The molecule has 0 aliphatic heterocycles. The molecule has 0 atom stereocenters. The molecule has 2 N–H and O–H groups in total. The minimum absolute atomic E-state index is 0.0377. The largest absolute Gasteiger partial charge is 0.496 e. The molecule has 4 rings (SSSR count). The zero-order valence-electron chi connectivity index (χ0n) is 26.4. The summed E-state index contributed by atoms with van der Waals surface area (Å²) in [7, 11) is 8.49. The Morgan fingerprint density at radius 3 is 2.43 bits per heavy atom. The lowest BCUT2D eigenvalue weighted by atomic mass is 10.1. The van der Waals surface area contributed by atoms with Gasteiger partial charge >= 0.3 is 0 Å². The number of rotatable bonds is 11. The number of hydrogen-bond donors (Lipinski definition) is 2. The maximum absolute atomic E-state index is 13.0. The van der Waals surface area contributed by atoms with Crippen molar-refractivity contribution >= 4 is 69.3 Å². The number of hydrogen-bond acceptors (Lipinski definition) is 7. The van der Waals surface area contributed by atoms with Crippen LogP contribution in [0.4, 0.5) is 11.4 Å². The molecule has 0 unspecified atom stereocenters. The van der Waals surface area contributed by atoms with Gasteiger partial charge in [0.2, 0.25) is 11.8 Å². The van der Waals surface area contributed by atoms with Crippen molar-refractivity contribution in [3.63, 3.8) is 0 Å². The highest BCUT2D eigenvalue weighted by Crippen LogP contribution is 2.36. The molecule has 0 saturated carbocycles. The zero-order chi connectivity index (χ0) is 33.5. The quantitative estimate of drug-likeness (QED) is 0.199. The fourth-order valence-electron chi connectivity index (χ4n) is 4.72. The Kier molecular flexibility index (Phi) is 11.1.